The van der Waals surface area contributed by atoms with Crippen LogP contribution in [0.2, 0.25) is 0 Å². The summed E-state index contributed by atoms with van der Waals surface area (Å²) in [6.07, 6.45) is 6.75. The smallest absolute Gasteiger partial charge is 0.277 e. The van der Waals surface area contributed by atoms with Crippen LogP contribution >= 0.6 is 0 Å². The Hall–Kier alpha value is -3.87. The zero-order valence-electron chi connectivity index (χ0n) is 21.1. The predicted molar refractivity (Wildman–Crippen MR) is 140 cm³/mol. The molecule has 1 aromatic heterocycles. The number of aromatic nitrogens is 1. The Bertz CT molecular complexity index is 1170. The number of hydrogen-bond acceptors (Lipinski definition) is 5. The van der Waals surface area contributed by atoms with Crippen LogP contribution in [0.1, 0.15) is 59.8 Å². The highest BCUT2D eigenvalue weighted by Crippen LogP contribution is 2.37. The number of carbonyl (C=O) groups excluding carboxylic acids is 2. The number of methoxy groups -OCH3 is 2. The van der Waals surface area contributed by atoms with Gasteiger partial charge in [0, 0.05) is 23.5 Å². The standard InChI is InChI=1S/C29H33N3O4/c1-20-12-14-22(15-13-20)32(29(34)25-11-7-8-18-30-25)27(28(33)31-21-9-5-4-6-10-21)24-19-23(35-2)16-17-26(24)36-3/h7-8,11-19,21,27H,4-6,9-10H2,1-3H3,(H,31,33). The first kappa shape index (κ1) is 25.2. The van der Waals surface area contributed by atoms with E-state index < -0.39 is 6.04 Å². The van der Waals surface area contributed by atoms with Crippen molar-refractivity contribution in [3.05, 3.63) is 83.7 Å². The Morgan fingerprint density at radius 2 is 1.72 bits per heavy atom. The molecular weight excluding hydrogens is 454 g/mol. The zero-order chi connectivity index (χ0) is 25.5. The number of carbonyl (C=O) groups is 2. The van der Waals surface area contributed by atoms with Gasteiger partial charge < -0.3 is 14.8 Å². The van der Waals surface area contributed by atoms with Gasteiger partial charge in [0.15, 0.2) is 0 Å². The lowest BCUT2D eigenvalue weighted by Gasteiger charge is -2.34. The number of amides is 2. The van der Waals surface area contributed by atoms with Crippen molar-refractivity contribution in [1.29, 1.82) is 0 Å². The third-order valence-corrected chi connectivity index (χ3v) is 6.60. The highest BCUT2D eigenvalue weighted by Gasteiger charge is 2.37. The molecule has 7 nitrogen and oxygen atoms in total. The summed E-state index contributed by atoms with van der Waals surface area (Å²) in [6, 6.07) is 17.1. The normalized spacial score (nSPS) is 14.5. The van der Waals surface area contributed by atoms with Gasteiger partial charge in [-0.15, -0.1) is 0 Å². The van der Waals surface area contributed by atoms with Crippen molar-refractivity contribution < 1.29 is 19.1 Å². The predicted octanol–water partition coefficient (Wildman–Crippen LogP) is 5.24. The summed E-state index contributed by atoms with van der Waals surface area (Å²) in [5.74, 6) is 0.410. The van der Waals surface area contributed by atoms with Crippen LogP contribution in [-0.4, -0.2) is 37.1 Å². The van der Waals surface area contributed by atoms with E-state index in [0.717, 1.165) is 31.2 Å². The molecule has 188 valence electrons. The number of pyridine rings is 1. The zero-order valence-corrected chi connectivity index (χ0v) is 21.1. The molecule has 4 rings (SSSR count). The van der Waals surface area contributed by atoms with Crippen LogP contribution in [-0.2, 0) is 4.79 Å². The second kappa shape index (κ2) is 11.7. The molecule has 0 aliphatic heterocycles. The highest BCUT2D eigenvalue weighted by atomic mass is 16.5. The summed E-state index contributed by atoms with van der Waals surface area (Å²) in [4.78, 5) is 33.9. The summed E-state index contributed by atoms with van der Waals surface area (Å²) in [7, 11) is 3.12. The quantitative estimate of drug-likeness (QED) is 0.470. The lowest BCUT2D eigenvalue weighted by molar-refractivity contribution is -0.123. The van der Waals surface area contributed by atoms with Gasteiger partial charge in [-0.2, -0.15) is 0 Å². The number of hydrogen-bond donors (Lipinski definition) is 1. The molecule has 1 aliphatic carbocycles. The van der Waals surface area contributed by atoms with Crippen molar-refractivity contribution >= 4 is 17.5 Å². The molecule has 36 heavy (non-hydrogen) atoms. The van der Waals surface area contributed by atoms with Crippen LogP contribution in [0.25, 0.3) is 0 Å². The average molecular weight is 488 g/mol. The number of nitrogens with zero attached hydrogens (tertiary/aromatic N) is 2. The van der Waals surface area contributed by atoms with Crippen LogP contribution in [0.5, 0.6) is 11.5 Å². The van der Waals surface area contributed by atoms with Crippen molar-refractivity contribution in [3.8, 4) is 11.5 Å². The molecule has 0 bridgehead atoms. The van der Waals surface area contributed by atoms with Gasteiger partial charge in [-0.3, -0.25) is 19.5 Å². The van der Waals surface area contributed by atoms with E-state index in [0.29, 0.717) is 22.7 Å². The Labute approximate surface area is 212 Å². The van der Waals surface area contributed by atoms with Gasteiger partial charge >= 0.3 is 0 Å². The van der Waals surface area contributed by atoms with Crippen LogP contribution in [0.4, 0.5) is 5.69 Å². The first-order valence-corrected chi connectivity index (χ1v) is 12.4. The highest BCUT2D eigenvalue weighted by molar-refractivity contribution is 6.09. The fourth-order valence-electron chi connectivity index (χ4n) is 4.68. The average Bonchev–Trinajstić information content (AvgIpc) is 2.92. The van der Waals surface area contributed by atoms with Gasteiger partial charge in [0.1, 0.15) is 23.2 Å². The minimum atomic E-state index is -1.01. The molecule has 1 fully saturated rings. The lowest BCUT2D eigenvalue weighted by atomic mass is 9.94. The van der Waals surface area contributed by atoms with E-state index in [9.17, 15) is 9.59 Å². The second-order valence-electron chi connectivity index (χ2n) is 9.08. The summed E-state index contributed by atoms with van der Waals surface area (Å²) >= 11 is 0. The number of anilines is 1. The largest absolute Gasteiger partial charge is 0.497 e. The van der Waals surface area contributed by atoms with Gasteiger partial charge in [0.25, 0.3) is 5.91 Å². The first-order chi connectivity index (χ1) is 17.5. The molecule has 2 aromatic carbocycles. The number of aryl methyl sites for hydroxylation is 1. The van der Waals surface area contributed by atoms with E-state index in [2.05, 4.69) is 10.3 Å². The van der Waals surface area contributed by atoms with Crippen molar-refractivity contribution in [3.63, 3.8) is 0 Å². The third-order valence-electron chi connectivity index (χ3n) is 6.60. The van der Waals surface area contributed by atoms with E-state index in [1.165, 1.54) is 11.3 Å². The molecule has 7 heteroatoms. The maximum absolute atomic E-state index is 14.1. The molecule has 2 amide bonds. The molecule has 1 unspecified atom stereocenters. The Balaban J connectivity index is 1.87. The van der Waals surface area contributed by atoms with E-state index in [1.54, 1.807) is 56.8 Å². The molecule has 1 heterocycles. The molecule has 1 aliphatic rings. The Kier molecular flexibility index (Phi) is 8.21. The fourth-order valence-corrected chi connectivity index (χ4v) is 4.68. The van der Waals surface area contributed by atoms with E-state index in [4.69, 9.17) is 9.47 Å². The van der Waals surface area contributed by atoms with Gasteiger partial charge in [-0.1, -0.05) is 43.0 Å². The second-order valence-corrected chi connectivity index (χ2v) is 9.08. The summed E-state index contributed by atoms with van der Waals surface area (Å²) in [6.45, 7) is 1.98. The Morgan fingerprint density at radius 3 is 2.36 bits per heavy atom. The molecule has 0 spiro atoms. The van der Waals surface area contributed by atoms with Crippen LogP contribution in [0.15, 0.2) is 66.9 Å². The topological polar surface area (TPSA) is 80.8 Å². The lowest BCUT2D eigenvalue weighted by Crippen LogP contribution is -2.47. The third kappa shape index (κ3) is 5.67. The van der Waals surface area contributed by atoms with Gasteiger partial charge in [0.05, 0.1) is 14.2 Å². The van der Waals surface area contributed by atoms with Gasteiger partial charge in [-0.25, -0.2) is 0 Å². The summed E-state index contributed by atoms with van der Waals surface area (Å²) in [5.41, 5.74) is 2.42. The van der Waals surface area contributed by atoms with Gasteiger partial charge in [-0.05, 0) is 62.2 Å². The monoisotopic (exact) mass is 487 g/mol. The minimum Gasteiger partial charge on any atom is -0.497 e. The first-order valence-electron chi connectivity index (χ1n) is 12.4. The number of ether oxygens (including phenoxy) is 2. The molecule has 0 saturated heterocycles. The molecular formula is C29H33N3O4. The van der Waals surface area contributed by atoms with E-state index >= 15 is 0 Å². The van der Waals surface area contributed by atoms with Crippen LogP contribution in [0, 0.1) is 6.92 Å². The SMILES string of the molecule is COc1ccc(OC)c(C(C(=O)NC2CCCCC2)N(C(=O)c2ccccn2)c2ccc(C)cc2)c1. The molecule has 1 atom stereocenters. The van der Waals surface area contributed by atoms with E-state index in [-0.39, 0.29) is 23.6 Å². The fraction of sp³-hybridized carbons (Fsp3) is 0.345. The van der Waals surface area contributed by atoms with Crippen molar-refractivity contribution in [2.45, 2.75) is 51.1 Å². The van der Waals surface area contributed by atoms with Crippen molar-refractivity contribution in [2.24, 2.45) is 0 Å². The molecule has 0 radical (unpaired) electrons. The van der Waals surface area contributed by atoms with Gasteiger partial charge in [0.2, 0.25) is 5.91 Å². The molecule has 3 aromatic rings. The molecule has 1 saturated carbocycles. The minimum absolute atomic E-state index is 0.0650. The summed E-state index contributed by atoms with van der Waals surface area (Å²) < 4.78 is 11.1. The van der Waals surface area contributed by atoms with Crippen molar-refractivity contribution in [1.82, 2.24) is 10.3 Å². The molecule has 1 N–H and O–H groups in total. The van der Waals surface area contributed by atoms with Crippen LogP contribution < -0.4 is 19.7 Å². The number of nitrogens with one attached hydrogen (secondary N) is 1. The maximum Gasteiger partial charge on any atom is 0.277 e. The number of benzene rings is 2. The number of rotatable bonds is 8. The maximum atomic E-state index is 14.1. The van der Waals surface area contributed by atoms with E-state index in [1.807, 2.05) is 31.2 Å². The summed E-state index contributed by atoms with van der Waals surface area (Å²) in [5, 5.41) is 3.22. The Morgan fingerprint density at radius 1 is 0.972 bits per heavy atom. The van der Waals surface area contributed by atoms with Crippen molar-refractivity contribution in [2.75, 3.05) is 19.1 Å². The van der Waals surface area contributed by atoms with Crippen LogP contribution in [0.3, 0.4) is 0 Å².